The molecule has 0 amide bonds. The van der Waals surface area contributed by atoms with Crippen molar-refractivity contribution in [3.8, 4) is 11.4 Å². The summed E-state index contributed by atoms with van der Waals surface area (Å²) in [4.78, 5) is 8.14. The van der Waals surface area contributed by atoms with E-state index in [1.807, 2.05) is 0 Å². The number of rotatable bonds is 6. The third-order valence-electron chi connectivity index (χ3n) is 3.74. The first-order chi connectivity index (χ1) is 13.2. The lowest BCUT2D eigenvalue weighted by Gasteiger charge is -2.10. The van der Waals surface area contributed by atoms with E-state index in [2.05, 4.69) is 20.4 Å². The Morgan fingerprint density at radius 1 is 1.11 bits per heavy atom. The van der Waals surface area contributed by atoms with Crippen molar-refractivity contribution in [3.63, 3.8) is 0 Å². The normalized spacial score (nSPS) is 11.8. The van der Waals surface area contributed by atoms with Crippen LogP contribution in [0.2, 0.25) is 0 Å². The van der Waals surface area contributed by atoms with Crippen LogP contribution in [0.5, 0.6) is 0 Å². The summed E-state index contributed by atoms with van der Waals surface area (Å²) in [6.45, 7) is 0.0984. The molecule has 3 N–H and O–H groups in total. The topological polar surface area (TPSA) is 96.1 Å². The van der Waals surface area contributed by atoms with Crippen molar-refractivity contribution in [3.05, 3.63) is 54.1 Å². The molecule has 1 aromatic carbocycles. The highest BCUT2D eigenvalue weighted by Gasteiger charge is 2.34. The molecule has 11 heteroatoms. The van der Waals surface area contributed by atoms with Gasteiger partial charge in [-0.1, -0.05) is 0 Å². The number of nitrogens with zero attached hydrogens (tertiary/aromatic N) is 4. The first-order valence-electron chi connectivity index (χ1n) is 8.09. The van der Waals surface area contributed by atoms with Crippen molar-refractivity contribution >= 4 is 11.6 Å². The van der Waals surface area contributed by atoms with Crippen LogP contribution in [0.15, 0.2) is 42.7 Å². The van der Waals surface area contributed by atoms with Crippen LogP contribution in [0, 0.1) is 5.82 Å². The van der Waals surface area contributed by atoms with E-state index in [-0.39, 0.29) is 24.6 Å². The molecule has 3 aromatic rings. The third kappa shape index (κ3) is 4.61. The predicted octanol–water partition coefficient (Wildman–Crippen LogP) is 2.94. The van der Waals surface area contributed by atoms with E-state index >= 15 is 0 Å². The van der Waals surface area contributed by atoms with E-state index in [0.717, 1.165) is 6.07 Å². The van der Waals surface area contributed by atoms with Crippen LogP contribution in [-0.2, 0) is 12.7 Å². The van der Waals surface area contributed by atoms with Crippen molar-refractivity contribution in [1.29, 1.82) is 0 Å². The molecule has 0 atom stereocenters. The minimum atomic E-state index is -4.84. The lowest BCUT2D eigenvalue weighted by Crippen LogP contribution is -2.11. The summed E-state index contributed by atoms with van der Waals surface area (Å²) in [6, 6.07) is 5.77. The summed E-state index contributed by atoms with van der Waals surface area (Å²) in [7, 11) is 0. The number of pyridine rings is 1. The molecule has 0 saturated heterocycles. The first kappa shape index (κ1) is 19.7. The molecule has 7 nitrogen and oxygen atoms in total. The molecule has 2 aromatic heterocycles. The number of aliphatic hydroxyl groups excluding tert-OH is 1. The lowest BCUT2D eigenvalue weighted by molar-refractivity contribution is -0.139. The van der Waals surface area contributed by atoms with Gasteiger partial charge in [0.05, 0.1) is 5.56 Å². The summed E-state index contributed by atoms with van der Waals surface area (Å²) in [6.07, 6.45) is -3.38. The zero-order chi connectivity index (χ0) is 20.3. The van der Waals surface area contributed by atoms with E-state index in [9.17, 15) is 17.6 Å². The molecule has 0 bridgehead atoms. The number of anilines is 2. The van der Waals surface area contributed by atoms with Crippen LogP contribution < -0.4 is 5.32 Å². The van der Waals surface area contributed by atoms with E-state index in [4.69, 9.17) is 10.2 Å². The van der Waals surface area contributed by atoms with E-state index in [1.165, 1.54) is 17.1 Å². The van der Waals surface area contributed by atoms with E-state index < -0.39 is 23.8 Å². The van der Waals surface area contributed by atoms with Gasteiger partial charge in [0.25, 0.3) is 0 Å². The maximum absolute atomic E-state index is 13.4. The van der Waals surface area contributed by atoms with Crippen LogP contribution in [-0.4, -0.2) is 36.3 Å². The molecule has 0 saturated carbocycles. The summed E-state index contributed by atoms with van der Waals surface area (Å²) in [5.41, 5.74) is -0.831. The number of aryl methyl sites for hydroxylation is 1. The Kier molecular flexibility index (Phi) is 5.56. The van der Waals surface area contributed by atoms with Gasteiger partial charge in [-0.2, -0.15) is 18.2 Å². The zero-order valence-corrected chi connectivity index (χ0v) is 14.2. The highest BCUT2D eigenvalue weighted by molar-refractivity contribution is 5.60. The van der Waals surface area contributed by atoms with Gasteiger partial charge in [0.1, 0.15) is 5.82 Å². The highest BCUT2D eigenvalue weighted by Crippen LogP contribution is 2.33. The van der Waals surface area contributed by atoms with Gasteiger partial charge in [-0.05, 0) is 30.3 Å². The highest BCUT2D eigenvalue weighted by atomic mass is 19.4. The Balaban J connectivity index is 1.93. The Morgan fingerprint density at radius 2 is 1.82 bits per heavy atom. The largest absolute Gasteiger partial charge is 0.419 e. The van der Waals surface area contributed by atoms with E-state index in [0.29, 0.717) is 23.5 Å². The van der Waals surface area contributed by atoms with E-state index in [1.54, 1.807) is 12.1 Å². The second kappa shape index (κ2) is 7.90. The number of nitrogens with one attached hydrogen (secondary N) is 1. The molecule has 28 heavy (non-hydrogen) atoms. The fourth-order valence-corrected chi connectivity index (χ4v) is 2.45. The van der Waals surface area contributed by atoms with Crippen LogP contribution in [0.3, 0.4) is 0 Å². The Labute approximate surface area is 156 Å². The fourth-order valence-electron chi connectivity index (χ4n) is 2.45. The Bertz CT molecular complexity index is 944. The van der Waals surface area contributed by atoms with Gasteiger partial charge in [0.15, 0.2) is 12.1 Å². The van der Waals surface area contributed by atoms with Crippen LogP contribution in [0.1, 0.15) is 12.0 Å². The third-order valence-corrected chi connectivity index (χ3v) is 3.74. The molecule has 3 rings (SSSR count). The second-order valence-electron chi connectivity index (χ2n) is 5.80. The Morgan fingerprint density at radius 3 is 2.46 bits per heavy atom. The van der Waals surface area contributed by atoms with Crippen molar-refractivity contribution in [2.24, 2.45) is 0 Å². The number of halogens is 4. The standard InChI is InChI=1S/C17H15F4N5O2/c18-13-2-1-11(9-12(13)17(19,20)21)23-16-24-15(10-3-6-22-7-4-10)26(25-16)8-5-14(27)28/h1-4,6-7,9,14,27-28H,5,8H2,(H,23,25). The number of hydrogen-bond donors (Lipinski definition) is 3. The predicted molar refractivity (Wildman–Crippen MR) is 90.8 cm³/mol. The quantitative estimate of drug-likeness (QED) is 0.437. The Hall–Kier alpha value is -3.05. The van der Waals surface area contributed by atoms with Crippen molar-refractivity contribution in [1.82, 2.24) is 19.7 Å². The van der Waals surface area contributed by atoms with Gasteiger partial charge >= 0.3 is 6.18 Å². The van der Waals surface area contributed by atoms with Crippen molar-refractivity contribution in [2.45, 2.75) is 25.4 Å². The van der Waals surface area contributed by atoms with Gasteiger partial charge in [-0.3, -0.25) is 4.98 Å². The van der Waals surface area contributed by atoms with Crippen LogP contribution >= 0.6 is 0 Å². The summed E-state index contributed by atoms with van der Waals surface area (Å²) in [5.74, 6) is -1.06. The molecule has 0 aliphatic carbocycles. The number of aliphatic hydroxyl groups is 2. The van der Waals surface area contributed by atoms with Gasteiger partial charge in [-0.15, -0.1) is 5.10 Å². The van der Waals surface area contributed by atoms with Gasteiger partial charge in [-0.25, -0.2) is 9.07 Å². The maximum atomic E-state index is 13.4. The molecule has 0 spiro atoms. The maximum Gasteiger partial charge on any atom is 0.419 e. The van der Waals surface area contributed by atoms with Gasteiger partial charge in [0.2, 0.25) is 5.95 Å². The molecule has 2 heterocycles. The molecule has 0 aliphatic rings. The zero-order valence-electron chi connectivity index (χ0n) is 14.2. The summed E-state index contributed by atoms with van der Waals surface area (Å²) >= 11 is 0. The second-order valence-corrected chi connectivity index (χ2v) is 5.80. The molecular weight excluding hydrogens is 382 g/mol. The number of benzene rings is 1. The molecule has 0 unspecified atom stereocenters. The smallest absolute Gasteiger partial charge is 0.368 e. The monoisotopic (exact) mass is 397 g/mol. The minimum absolute atomic E-state index is 0.0287. The first-order valence-corrected chi connectivity index (χ1v) is 8.09. The SMILES string of the molecule is OC(O)CCn1nc(Nc2ccc(F)c(C(F)(F)F)c2)nc1-c1ccncc1. The van der Waals surface area contributed by atoms with Crippen LogP contribution in [0.25, 0.3) is 11.4 Å². The number of alkyl halides is 3. The molecule has 0 aliphatic heterocycles. The van der Waals surface area contributed by atoms with Crippen LogP contribution in [0.4, 0.5) is 29.2 Å². The molecular formula is C17H15F4N5O2. The molecule has 0 fully saturated rings. The van der Waals surface area contributed by atoms with Gasteiger partial charge < -0.3 is 15.5 Å². The minimum Gasteiger partial charge on any atom is -0.368 e. The number of aromatic nitrogens is 4. The fraction of sp³-hybridized carbons (Fsp3) is 0.235. The summed E-state index contributed by atoms with van der Waals surface area (Å²) < 4.78 is 53.4. The lowest BCUT2D eigenvalue weighted by atomic mass is 10.2. The van der Waals surface area contributed by atoms with Crippen molar-refractivity contribution < 1.29 is 27.8 Å². The molecule has 0 radical (unpaired) electrons. The number of hydrogen-bond acceptors (Lipinski definition) is 6. The van der Waals surface area contributed by atoms with Crippen molar-refractivity contribution in [2.75, 3.05) is 5.32 Å². The summed E-state index contributed by atoms with van der Waals surface area (Å²) in [5, 5.41) is 24.9. The average molecular weight is 397 g/mol. The molecule has 148 valence electrons. The average Bonchev–Trinajstić information content (AvgIpc) is 3.04. The van der Waals surface area contributed by atoms with Gasteiger partial charge in [0, 0.05) is 36.6 Å².